The van der Waals surface area contributed by atoms with Crippen LogP contribution in [0.5, 0.6) is 0 Å². The average molecular weight is 367 g/mol. The molecule has 3 heteroatoms. The minimum Gasteiger partial charge on any atom is -0.472 e. The van der Waals surface area contributed by atoms with Crippen LogP contribution in [0.2, 0.25) is 0 Å². The number of hydrogen-bond donors (Lipinski definition) is 1. The van der Waals surface area contributed by atoms with Gasteiger partial charge in [-0.05, 0) is 77.3 Å². The quantitative estimate of drug-likeness (QED) is 0.750. The van der Waals surface area contributed by atoms with Crippen molar-refractivity contribution in [1.29, 1.82) is 0 Å². The Balaban J connectivity index is 2.11. The Labute approximate surface area is 162 Å². The number of aliphatic carboxylic acids is 1. The van der Waals surface area contributed by atoms with E-state index in [4.69, 9.17) is 9.84 Å². The summed E-state index contributed by atoms with van der Waals surface area (Å²) < 4.78 is 5.61. The van der Waals surface area contributed by atoms with Gasteiger partial charge in [0.25, 0.3) is 0 Å². The van der Waals surface area contributed by atoms with Crippen molar-refractivity contribution in [3.8, 4) is 11.8 Å². The van der Waals surface area contributed by atoms with Crippen LogP contribution in [0.1, 0.15) is 75.6 Å². The van der Waals surface area contributed by atoms with Gasteiger partial charge in [-0.15, -0.1) is 0 Å². The first kappa shape index (κ1) is 19.7. The van der Waals surface area contributed by atoms with Crippen LogP contribution in [0, 0.1) is 18.8 Å². The molecular formula is C24H30O3. The van der Waals surface area contributed by atoms with E-state index < -0.39 is 11.6 Å². The zero-order chi connectivity index (χ0) is 20.0. The van der Waals surface area contributed by atoms with Crippen molar-refractivity contribution in [2.24, 2.45) is 0 Å². The fraction of sp³-hybridized carbons (Fsp3) is 0.542. The molecule has 0 saturated heterocycles. The van der Waals surface area contributed by atoms with Crippen molar-refractivity contribution in [1.82, 2.24) is 0 Å². The van der Waals surface area contributed by atoms with E-state index in [0.717, 1.165) is 6.42 Å². The van der Waals surface area contributed by atoms with E-state index >= 15 is 0 Å². The van der Waals surface area contributed by atoms with Gasteiger partial charge in [0, 0.05) is 13.0 Å². The molecule has 3 rings (SSSR count). The van der Waals surface area contributed by atoms with Gasteiger partial charge in [-0.25, -0.2) is 4.79 Å². The summed E-state index contributed by atoms with van der Waals surface area (Å²) in [6.07, 6.45) is 5.93. The van der Waals surface area contributed by atoms with Crippen LogP contribution in [-0.2, 0) is 20.4 Å². The number of ether oxygens (including phenoxy) is 1. The molecule has 2 aliphatic rings. The lowest BCUT2D eigenvalue weighted by Crippen LogP contribution is -2.34. The number of rotatable bonds is 2. The minimum absolute atomic E-state index is 0.161. The van der Waals surface area contributed by atoms with Crippen molar-refractivity contribution < 1.29 is 14.6 Å². The van der Waals surface area contributed by atoms with Crippen molar-refractivity contribution in [3.63, 3.8) is 0 Å². The summed E-state index contributed by atoms with van der Waals surface area (Å²) in [5, 5.41) is 8.90. The summed E-state index contributed by atoms with van der Waals surface area (Å²) >= 11 is 0. The van der Waals surface area contributed by atoms with Crippen LogP contribution in [0.15, 0.2) is 18.2 Å². The summed E-state index contributed by atoms with van der Waals surface area (Å²) in [5.41, 5.74) is 6.17. The Morgan fingerprint density at radius 3 is 2.22 bits per heavy atom. The lowest BCUT2D eigenvalue weighted by molar-refractivity contribution is -0.130. The number of carboxylic acids is 1. The molecule has 2 aliphatic carbocycles. The van der Waals surface area contributed by atoms with E-state index in [1.165, 1.54) is 40.7 Å². The molecule has 1 unspecified atom stereocenters. The number of hydrogen-bond acceptors (Lipinski definition) is 2. The van der Waals surface area contributed by atoms with Crippen LogP contribution in [0.3, 0.4) is 0 Å². The highest BCUT2D eigenvalue weighted by Gasteiger charge is 2.38. The maximum absolute atomic E-state index is 10.9. The van der Waals surface area contributed by atoms with Gasteiger partial charge in [-0.1, -0.05) is 45.7 Å². The first-order valence-electron chi connectivity index (χ1n) is 9.69. The fourth-order valence-electron chi connectivity index (χ4n) is 4.50. The molecule has 27 heavy (non-hydrogen) atoms. The average Bonchev–Trinajstić information content (AvgIpc) is 3.02. The van der Waals surface area contributed by atoms with Crippen LogP contribution >= 0.6 is 0 Å². The summed E-state index contributed by atoms with van der Waals surface area (Å²) in [6, 6.07) is 4.73. The van der Waals surface area contributed by atoms with Crippen LogP contribution in [0.25, 0.3) is 5.57 Å². The third-order valence-corrected chi connectivity index (χ3v) is 6.46. The topological polar surface area (TPSA) is 46.5 Å². The number of fused-ring (bicyclic) bond motifs is 1. The maximum atomic E-state index is 10.9. The minimum atomic E-state index is -1.12. The summed E-state index contributed by atoms with van der Waals surface area (Å²) in [6.45, 7) is 11.5. The van der Waals surface area contributed by atoms with Gasteiger partial charge in [-0.3, -0.25) is 0 Å². The van der Waals surface area contributed by atoms with Crippen LogP contribution in [-0.4, -0.2) is 23.8 Å². The van der Waals surface area contributed by atoms with Gasteiger partial charge in [0.05, 0.1) is 0 Å². The lowest BCUT2D eigenvalue weighted by atomic mass is 9.62. The van der Waals surface area contributed by atoms with Crippen LogP contribution < -0.4 is 0 Å². The number of carbonyl (C=O) groups is 1. The predicted molar refractivity (Wildman–Crippen MR) is 109 cm³/mol. The van der Waals surface area contributed by atoms with Crippen molar-refractivity contribution >= 4 is 11.5 Å². The molecule has 0 radical (unpaired) electrons. The van der Waals surface area contributed by atoms with Gasteiger partial charge in [0.2, 0.25) is 0 Å². The van der Waals surface area contributed by atoms with E-state index in [1.54, 1.807) is 7.11 Å². The summed E-state index contributed by atoms with van der Waals surface area (Å²) in [4.78, 5) is 10.9. The van der Waals surface area contributed by atoms with Crippen molar-refractivity contribution in [2.45, 2.75) is 76.7 Å². The maximum Gasteiger partial charge on any atom is 0.382 e. The van der Waals surface area contributed by atoms with Gasteiger partial charge < -0.3 is 9.84 Å². The summed E-state index contributed by atoms with van der Waals surface area (Å²) in [7, 11) is 1.60. The first-order chi connectivity index (χ1) is 12.5. The molecule has 0 saturated carbocycles. The molecule has 144 valence electrons. The Bertz CT molecular complexity index is 877. The highest BCUT2D eigenvalue weighted by Crippen LogP contribution is 2.48. The molecule has 0 aliphatic heterocycles. The zero-order valence-corrected chi connectivity index (χ0v) is 17.3. The highest BCUT2D eigenvalue weighted by molar-refractivity contribution is 5.87. The Morgan fingerprint density at radius 1 is 1.07 bits per heavy atom. The molecule has 1 atom stereocenters. The molecule has 0 amide bonds. The molecule has 0 fully saturated rings. The van der Waals surface area contributed by atoms with Gasteiger partial charge >= 0.3 is 5.97 Å². The third-order valence-electron chi connectivity index (χ3n) is 6.46. The predicted octanol–water partition coefficient (Wildman–Crippen LogP) is 4.99. The Kier molecular flexibility index (Phi) is 4.77. The fourth-order valence-corrected chi connectivity index (χ4v) is 4.50. The van der Waals surface area contributed by atoms with E-state index in [9.17, 15) is 4.79 Å². The van der Waals surface area contributed by atoms with Gasteiger partial charge in [0.15, 0.2) is 0 Å². The van der Waals surface area contributed by atoms with Gasteiger partial charge in [0.1, 0.15) is 5.60 Å². The smallest absolute Gasteiger partial charge is 0.382 e. The molecule has 1 aromatic rings. The SMILES string of the molecule is COC1(C#CC(=O)O)C=C(c2cc3c(cc2C)C(C)(C)CCC3(C)C)CC1. The number of benzene rings is 1. The Morgan fingerprint density at radius 2 is 1.67 bits per heavy atom. The molecule has 3 nitrogen and oxygen atoms in total. The van der Waals surface area contributed by atoms with E-state index in [2.05, 4.69) is 58.6 Å². The number of aryl methyl sites for hydroxylation is 1. The zero-order valence-electron chi connectivity index (χ0n) is 17.3. The second-order valence-corrected chi connectivity index (χ2v) is 9.30. The van der Waals surface area contributed by atoms with Crippen molar-refractivity contribution in [2.75, 3.05) is 7.11 Å². The third kappa shape index (κ3) is 3.56. The monoisotopic (exact) mass is 366 g/mol. The number of methoxy groups -OCH3 is 1. The van der Waals surface area contributed by atoms with Gasteiger partial charge in [-0.2, -0.15) is 0 Å². The first-order valence-corrected chi connectivity index (χ1v) is 9.69. The van der Waals surface area contributed by atoms with Crippen LogP contribution in [0.4, 0.5) is 0 Å². The Hall–Kier alpha value is -2.05. The molecule has 0 spiro atoms. The molecule has 0 heterocycles. The summed E-state index contributed by atoms with van der Waals surface area (Å²) in [5.74, 6) is 3.92. The molecule has 1 aromatic carbocycles. The lowest BCUT2D eigenvalue weighted by Gasteiger charge is -2.42. The van der Waals surface area contributed by atoms with E-state index in [0.29, 0.717) is 6.42 Å². The normalized spacial score (nSPS) is 25.2. The van der Waals surface area contributed by atoms with Crippen molar-refractivity contribution in [3.05, 3.63) is 40.5 Å². The number of carboxylic acid groups (broad SMARTS) is 1. The molecule has 1 N–H and O–H groups in total. The highest BCUT2D eigenvalue weighted by atomic mass is 16.5. The van der Waals surface area contributed by atoms with E-state index in [-0.39, 0.29) is 10.8 Å². The second kappa shape index (κ2) is 6.53. The molecule has 0 aromatic heterocycles. The second-order valence-electron chi connectivity index (χ2n) is 9.30. The van der Waals surface area contributed by atoms with E-state index in [1.807, 2.05) is 6.08 Å². The molecular weight excluding hydrogens is 336 g/mol. The largest absolute Gasteiger partial charge is 0.472 e. The standard InChI is InChI=1S/C24H30O3/c1-16-13-19-20(23(4,5)12-11-22(19,2)3)14-18(16)17-7-9-24(15-17,27-6)10-8-21(25)26/h13-15H,7,9,11-12H2,1-6H3,(H,25,26). The number of allylic oxidation sites excluding steroid dienone is 1. The molecule has 0 bridgehead atoms.